The fraction of sp³-hybridized carbons (Fsp3) is 0.190. The van der Waals surface area contributed by atoms with E-state index in [1.807, 2.05) is 0 Å². The van der Waals surface area contributed by atoms with Crippen LogP contribution in [0.1, 0.15) is 18.9 Å². The van der Waals surface area contributed by atoms with Gasteiger partial charge in [0.05, 0.1) is 0 Å². The van der Waals surface area contributed by atoms with E-state index in [-0.39, 0.29) is 12.2 Å². The van der Waals surface area contributed by atoms with Crippen LogP contribution in [0.5, 0.6) is 5.75 Å². The number of urea groups is 1. The highest BCUT2D eigenvalue weighted by molar-refractivity contribution is 6.36. The summed E-state index contributed by atoms with van der Waals surface area (Å²) < 4.78 is 4.95. The maximum Gasteiger partial charge on any atom is 0.381 e. The van der Waals surface area contributed by atoms with E-state index in [1.54, 1.807) is 55.5 Å². The number of Topliss-reactive ketones (excluding diaryl/α,β-unsaturated/α-hetero) is 1. The molecule has 1 atom stereocenters. The summed E-state index contributed by atoms with van der Waals surface area (Å²) in [6.07, 6.45) is 0.0636. The molecule has 1 N–H and O–H groups in total. The van der Waals surface area contributed by atoms with Crippen LogP contribution in [0.2, 0.25) is 0 Å². The number of esters is 1. The highest BCUT2D eigenvalue weighted by Crippen LogP contribution is 2.33. The minimum atomic E-state index is -1.67. The standard InChI is InChI=1S/C21H18N2O6/c1-2-21(14-9-5-3-6-10-14)18(26)22-20(28)23(19(21)27)13-16(24)17(25)29-15-11-7-4-8-12-15/h3-12H,2,13H2,1H3,(H,22,26,28)/t21-/m1/s1. The normalized spacial score (nSPS) is 18.9. The van der Waals surface area contributed by atoms with Crippen molar-refractivity contribution in [3.05, 3.63) is 66.2 Å². The number of rotatable bonds is 6. The Bertz CT molecular complexity index is 973. The van der Waals surface area contributed by atoms with Crippen molar-refractivity contribution in [2.75, 3.05) is 6.54 Å². The summed E-state index contributed by atoms with van der Waals surface area (Å²) in [5, 5.41) is 2.12. The molecule has 148 valence electrons. The van der Waals surface area contributed by atoms with Crippen molar-refractivity contribution in [2.24, 2.45) is 0 Å². The maximum absolute atomic E-state index is 13.2. The number of ether oxygens (including phenoxy) is 1. The predicted molar refractivity (Wildman–Crippen MR) is 101 cm³/mol. The fourth-order valence-corrected chi connectivity index (χ4v) is 3.19. The maximum atomic E-state index is 13.2. The highest BCUT2D eigenvalue weighted by atomic mass is 16.5. The number of carbonyl (C=O) groups excluding carboxylic acids is 5. The number of amides is 4. The molecule has 1 aliphatic rings. The summed E-state index contributed by atoms with van der Waals surface area (Å²) in [5.41, 5.74) is -1.28. The first-order valence-corrected chi connectivity index (χ1v) is 8.93. The topological polar surface area (TPSA) is 110 Å². The lowest BCUT2D eigenvalue weighted by atomic mass is 9.74. The number of nitrogens with one attached hydrogen (secondary N) is 1. The van der Waals surface area contributed by atoms with Crippen molar-refractivity contribution in [3.63, 3.8) is 0 Å². The van der Waals surface area contributed by atoms with Crippen LogP contribution in [0.4, 0.5) is 4.79 Å². The van der Waals surface area contributed by atoms with E-state index in [0.717, 1.165) is 0 Å². The summed E-state index contributed by atoms with van der Waals surface area (Å²) in [6, 6.07) is 15.1. The van der Waals surface area contributed by atoms with E-state index in [9.17, 15) is 24.0 Å². The van der Waals surface area contributed by atoms with Gasteiger partial charge in [-0.1, -0.05) is 55.5 Å². The first kappa shape index (κ1) is 19.9. The second-order valence-electron chi connectivity index (χ2n) is 6.40. The Labute approximate surface area is 166 Å². The molecule has 1 fully saturated rings. The minimum Gasteiger partial charge on any atom is -0.421 e. The number of para-hydroxylation sites is 1. The summed E-state index contributed by atoms with van der Waals surface area (Å²) in [4.78, 5) is 62.9. The Morgan fingerprint density at radius 2 is 1.55 bits per heavy atom. The van der Waals surface area contributed by atoms with Crippen LogP contribution in [-0.2, 0) is 24.6 Å². The Balaban J connectivity index is 1.84. The van der Waals surface area contributed by atoms with Gasteiger partial charge in [-0.05, 0) is 24.1 Å². The number of imide groups is 2. The third-order valence-electron chi connectivity index (χ3n) is 4.74. The lowest BCUT2D eigenvalue weighted by Crippen LogP contribution is -2.66. The zero-order valence-electron chi connectivity index (χ0n) is 15.6. The van der Waals surface area contributed by atoms with E-state index in [0.29, 0.717) is 10.5 Å². The van der Waals surface area contributed by atoms with Crippen molar-refractivity contribution in [3.8, 4) is 5.75 Å². The van der Waals surface area contributed by atoms with Gasteiger partial charge in [0, 0.05) is 0 Å². The van der Waals surface area contributed by atoms with Gasteiger partial charge in [-0.3, -0.25) is 24.6 Å². The van der Waals surface area contributed by atoms with E-state index in [1.165, 1.54) is 12.1 Å². The zero-order chi connectivity index (χ0) is 21.0. The second-order valence-corrected chi connectivity index (χ2v) is 6.40. The van der Waals surface area contributed by atoms with E-state index < -0.39 is 41.6 Å². The van der Waals surface area contributed by atoms with Gasteiger partial charge in [-0.2, -0.15) is 0 Å². The Morgan fingerprint density at radius 3 is 2.14 bits per heavy atom. The van der Waals surface area contributed by atoms with Crippen molar-refractivity contribution in [1.29, 1.82) is 0 Å². The van der Waals surface area contributed by atoms with Gasteiger partial charge in [-0.15, -0.1) is 0 Å². The number of hydrogen-bond acceptors (Lipinski definition) is 6. The predicted octanol–water partition coefficient (Wildman–Crippen LogP) is 1.59. The van der Waals surface area contributed by atoms with Crippen LogP contribution in [0, 0.1) is 0 Å². The van der Waals surface area contributed by atoms with Crippen molar-refractivity contribution < 1.29 is 28.7 Å². The monoisotopic (exact) mass is 394 g/mol. The molecule has 0 aromatic heterocycles. The van der Waals surface area contributed by atoms with E-state index in [4.69, 9.17) is 4.74 Å². The molecule has 2 aromatic carbocycles. The van der Waals surface area contributed by atoms with Gasteiger partial charge < -0.3 is 4.74 Å². The third-order valence-corrected chi connectivity index (χ3v) is 4.74. The Morgan fingerprint density at radius 1 is 0.966 bits per heavy atom. The molecule has 8 heteroatoms. The zero-order valence-corrected chi connectivity index (χ0v) is 15.6. The quantitative estimate of drug-likeness (QED) is 0.345. The molecule has 1 aliphatic heterocycles. The summed E-state index contributed by atoms with van der Waals surface area (Å²) in [7, 11) is 0. The largest absolute Gasteiger partial charge is 0.421 e. The number of benzene rings is 2. The molecule has 0 bridgehead atoms. The molecule has 2 aromatic rings. The highest BCUT2D eigenvalue weighted by Gasteiger charge is 2.54. The number of hydrogen-bond donors (Lipinski definition) is 1. The Hall–Kier alpha value is -3.81. The summed E-state index contributed by atoms with van der Waals surface area (Å²) >= 11 is 0. The molecule has 0 saturated carbocycles. The first-order valence-electron chi connectivity index (χ1n) is 8.93. The first-order chi connectivity index (χ1) is 13.9. The number of nitrogens with zero attached hydrogens (tertiary/aromatic N) is 1. The van der Waals surface area contributed by atoms with Gasteiger partial charge in [0.1, 0.15) is 12.3 Å². The molecule has 4 amide bonds. The third kappa shape index (κ3) is 3.64. The van der Waals surface area contributed by atoms with Gasteiger partial charge >= 0.3 is 12.0 Å². The van der Waals surface area contributed by atoms with Crippen LogP contribution in [-0.4, -0.2) is 41.0 Å². The fourth-order valence-electron chi connectivity index (χ4n) is 3.19. The lowest BCUT2D eigenvalue weighted by Gasteiger charge is -2.38. The average Bonchev–Trinajstić information content (AvgIpc) is 2.73. The Kier molecular flexibility index (Phi) is 5.54. The van der Waals surface area contributed by atoms with Gasteiger partial charge in [0.2, 0.25) is 5.91 Å². The minimum absolute atomic E-state index is 0.0636. The smallest absolute Gasteiger partial charge is 0.381 e. The second kappa shape index (κ2) is 8.05. The van der Waals surface area contributed by atoms with E-state index >= 15 is 0 Å². The molecule has 1 heterocycles. The molecule has 29 heavy (non-hydrogen) atoms. The van der Waals surface area contributed by atoms with Crippen molar-refractivity contribution in [1.82, 2.24) is 10.2 Å². The lowest BCUT2D eigenvalue weighted by molar-refractivity contribution is -0.151. The summed E-state index contributed by atoms with van der Waals surface area (Å²) in [5.74, 6) is -3.78. The van der Waals surface area contributed by atoms with Crippen LogP contribution >= 0.6 is 0 Å². The molecule has 0 unspecified atom stereocenters. The van der Waals surface area contributed by atoms with E-state index in [2.05, 4.69) is 5.32 Å². The average molecular weight is 394 g/mol. The molecule has 0 radical (unpaired) electrons. The SMILES string of the molecule is CC[C@@]1(c2ccccc2)C(=O)NC(=O)N(CC(=O)C(=O)Oc2ccccc2)C1=O. The molecule has 3 rings (SSSR count). The van der Waals surface area contributed by atoms with Gasteiger partial charge in [0.15, 0.2) is 5.41 Å². The molecular formula is C21H18N2O6. The molecule has 8 nitrogen and oxygen atoms in total. The molecular weight excluding hydrogens is 376 g/mol. The number of barbiturate groups is 1. The number of ketones is 1. The molecule has 0 spiro atoms. The summed E-state index contributed by atoms with van der Waals surface area (Å²) in [6.45, 7) is 0.794. The van der Waals surface area contributed by atoms with Crippen molar-refractivity contribution in [2.45, 2.75) is 18.8 Å². The van der Waals surface area contributed by atoms with Crippen molar-refractivity contribution >= 4 is 29.6 Å². The van der Waals surface area contributed by atoms with Crippen LogP contribution in [0.3, 0.4) is 0 Å². The van der Waals surface area contributed by atoms with Gasteiger partial charge in [-0.25, -0.2) is 9.59 Å². The molecule has 1 saturated heterocycles. The molecule has 0 aliphatic carbocycles. The van der Waals surface area contributed by atoms with Crippen LogP contribution < -0.4 is 10.1 Å². The van der Waals surface area contributed by atoms with Gasteiger partial charge in [0.25, 0.3) is 11.7 Å². The number of carbonyl (C=O) groups is 5. The van der Waals surface area contributed by atoms with Crippen LogP contribution in [0.15, 0.2) is 60.7 Å². The van der Waals surface area contributed by atoms with Crippen LogP contribution in [0.25, 0.3) is 0 Å².